The van der Waals surface area contributed by atoms with E-state index in [0.717, 1.165) is 41.7 Å². The van der Waals surface area contributed by atoms with Crippen molar-refractivity contribution in [3.05, 3.63) is 100 Å². The number of aryl methyl sites for hydroxylation is 3. The zero-order valence-electron chi connectivity index (χ0n) is 22.6. The highest BCUT2D eigenvalue weighted by Gasteiger charge is 2.31. The van der Waals surface area contributed by atoms with E-state index in [1.807, 2.05) is 32.0 Å². The number of carbonyl (C=O) groups excluding carboxylic acids is 2. The minimum absolute atomic E-state index is 0.0170. The van der Waals surface area contributed by atoms with Crippen LogP contribution in [0, 0.1) is 6.92 Å². The highest BCUT2D eigenvalue weighted by atomic mass is 19.4. The van der Waals surface area contributed by atoms with E-state index in [2.05, 4.69) is 5.32 Å². The Kier molecular flexibility index (Phi) is 8.32. The number of aromatic hydroxyl groups is 1. The third kappa shape index (κ3) is 6.32. The smallest absolute Gasteiger partial charge is 0.416 e. The lowest BCUT2D eigenvalue weighted by atomic mass is 9.94. The minimum atomic E-state index is -4.59. The summed E-state index contributed by atoms with van der Waals surface area (Å²) >= 11 is 0. The number of anilines is 1. The van der Waals surface area contributed by atoms with Crippen LogP contribution in [0.25, 0.3) is 11.3 Å². The van der Waals surface area contributed by atoms with Gasteiger partial charge in [0, 0.05) is 23.4 Å². The molecular weight excluding hydrogens is 535 g/mol. The summed E-state index contributed by atoms with van der Waals surface area (Å²) in [6, 6.07) is 15.7. The van der Waals surface area contributed by atoms with E-state index >= 15 is 0 Å². The molecule has 0 saturated heterocycles. The summed E-state index contributed by atoms with van der Waals surface area (Å²) in [6.07, 6.45) is -3.14. The fraction of sp³-hybridized carbons (Fsp3) is 0.194. The average Bonchev–Trinajstić information content (AvgIpc) is 2.91. The van der Waals surface area contributed by atoms with E-state index < -0.39 is 29.3 Å². The van der Waals surface area contributed by atoms with Crippen molar-refractivity contribution >= 4 is 17.5 Å². The molecule has 10 heteroatoms. The van der Waals surface area contributed by atoms with E-state index in [4.69, 9.17) is 15.5 Å². The Balaban J connectivity index is 1.85. The van der Waals surface area contributed by atoms with Crippen molar-refractivity contribution in [2.24, 2.45) is 5.73 Å². The number of ether oxygens (including phenoxy) is 1. The van der Waals surface area contributed by atoms with Gasteiger partial charge in [0.05, 0.1) is 22.5 Å². The van der Waals surface area contributed by atoms with Gasteiger partial charge in [-0.1, -0.05) is 38.1 Å². The first-order chi connectivity index (χ1) is 19.4. The van der Waals surface area contributed by atoms with Crippen LogP contribution in [0.5, 0.6) is 17.2 Å². The Bertz CT molecular complexity index is 1610. The number of pyridine rings is 1. The van der Waals surface area contributed by atoms with Crippen molar-refractivity contribution in [2.75, 3.05) is 5.32 Å². The van der Waals surface area contributed by atoms with E-state index in [0.29, 0.717) is 5.69 Å². The number of amides is 2. The van der Waals surface area contributed by atoms with E-state index in [-0.39, 0.29) is 34.0 Å². The van der Waals surface area contributed by atoms with Crippen LogP contribution in [-0.2, 0) is 19.0 Å². The van der Waals surface area contributed by atoms with Gasteiger partial charge in [-0.2, -0.15) is 13.2 Å². The molecule has 0 bridgehead atoms. The van der Waals surface area contributed by atoms with Crippen molar-refractivity contribution in [3.63, 3.8) is 0 Å². The first-order valence-electron chi connectivity index (χ1n) is 12.8. The Morgan fingerprint density at radius 2 is 1.63 bits per heavy atom. The number of phenols is 1. The quantitative estimate of drug-likeness (QED) is 0.213. The lowest BCUT2D eigenvalue weighted by Crippen LogP contribution is -2.17. The number of hydrogen-bond donors (Lipinski definition) is 3. The first kappa shape index (κ1) is 29.1. The molecule has 0 aliphatic rings. The molecule has 4 N–H and O–H groups in total. The first-order valence-corrected chi connectivity index (χ1v) is 12.8. The summed E-state index contributed by atoms with van der Waals surface area (Å²) in [6.45, 7) is 5.64. The SMILES string of the molecule is CCc1cccc(CC)c1-c1cc(Oc2ccc(C(N)=O)c(O)c2)c(C(=O)Nc2cccc(C(F)(F)F)c2)c(C)n1. The molecule has 0 radical (unpaired) electrons. The molecule has 1 heterocycles. The molecule has 0 fully saturated rings. The van der Waals surface area contributed by atoms with Crippen LogP contribution >= 0.6 is 0 Å². The van der Waals surface area contributed by atoms with Gasteiger partial charge in [0.2, 0.25) is 0 Å². The van der Waals surface area contributed by atoms with Crippen molar-refractivity contribution < 1.29 is 32.6 Å². The van der Waals surface area contributed by atoms with Crippen LogP contribution in [0.3, 0.4) is 0 Å². The maximum Gasteiger partial charge on any atom is 0.416 e. The molecule has 0 aliphatic heterocycles. The van der Waals surface area contributed by atoms with Gasteiger partial charge < -0.3 is 20.9 Å². The third-order valence-corrected chi connectivity index (χ3v) is 6.56. The molecule has 0 aliphatic carbocycles. The number of rotatable bonds is 8. The topological polar surface area (TPSA) is 115 Å². The summed E-state index contributed by atoms with van der Waals surface area (Å²) in [7, 11) is 0. The second kappa shape index (κ2) is 11.7. The zero-order chi connectivity index (χ0) is 29.9. The molecule has 4 aromatic rings. The molecule has 3 aromatic carbocycles. The van der Waals surface area contributed by atoms with Gasteiger partial charge in [-0.25, -0.2) is 0 Å². The second-order valence-corrected chi connectivity index (χ2v) is 9.30. The predicted molar refractivity (Wildman–Crippen MR) is 149 cm³/mol. The third-order valence-electron chi connectivity index (χ3n) is 6.56. The molecule has 4 rings (SSSR count). The van der Waals surface area contributed by atoms with Crippen LogP contribution in [-0.4, -0.2) is 21.9 Å². The molecule has 2 amide bonds. The number of nitrogens with one attached hydrogen (secondary N) is 1. The number of hydrogen-bond acceptors (Lipinski definition) is 5. The lowest BCUT2D eigenvalue weighted by Gasteiger charge is -2.18. The fourth-order valence-electron chi connectivity index (χ4n) is 4.58. The number of primary amides is 1. The van der Waals surface area contributed by atoms with Gasteiger partial charge in [0.15, 0.2) is 0 Å². The largest absolute Gasteiger partial charge is 0.507 e. The number of benzene rings is 3. The normalized spacial score (nSPS) is 11.3. The van der Waals surface area contributed by atoms with Crippen molar-refractivity contribution in [2.45, 2.75) is 39.8 Å². The van der Waals surface area contributed by atoms with Crippen LogP contribution in [0.15, 0.2) is 66.7 Å². The Morgan fingerprint density at radius 3 is 2.22 bits per heavy atom. The Morgan fingerprint density at radius 1 is 0.976 bits per heavy atom. The number of aromatic nitrogens is 1. The van der Waals surface area contributed by atoms with Crippen LogP contribution in [0.4, 0.5) is 18.9 Å². The molecule has 0 saturated carbocycles. The molecule has 212 valence electrons. The maximum absolute atomic E-state index is 13.5. The van der Waals surface area contributed by atoms with Crippen molar-refractivity contribution in [1.82, 2.24) is 4.98 Å². The average molecular weight is 564 g/mol. The lowest BCUT2D eigenvalue weighted by molar-refractivity contribution is -0.137. The standard InChI is InChI=1S/C31H28F3N3O4/c1-4-18-8-6-9-19(5-2)28(18)24-16-26(41-22-12-13-23(29(35)39)25(38)15-22)27(17(3)36-24)30(40)37-21-11-7-10-20(14-21)31(32,33)34/h6-16,38H,4-5H2,1-3H3,(H2,35,39)(H,37,40). The number of nitrogens with zero attached hydrogens (tertiary/aromatic N) is 1. The number of carbonyl (C=O) groups is 2. The van der Waals surface area contributed by atoms with Gasteiger partial charge >= 0.3 is 6.18 Å². The van der Waals surface area contributed by atoms with Gasteiger partial charge in [0.25, 0.3) is 11.8 Å². The zero-order valence-corrected chi connectivity index (χ0v) is 22.6. The van der Waals surface area contributed by atoms with Crippen LogP contribution < -0.4 is 15.8 Å². The predicted octanol–water partition coefficient (Wildman–Crippen LogP) is 7.05. The molecule has 0 spiro atoms. The Hall–Kier alpha value is -4.86. The molecule has 41 heavy (non-hydrogen) atoms. The van der Waals surface area contributed by atoms with Gasteiger partial charge in [-0.3, -0.25) is 14.6 Å². The molecule has 0 atom stereocenters. The molecular formula is C31H28F3N3O4. The van der Waals surface area contributed by atoms with Gasteiger partial charge in [-0.15, -0.1) is 0 Å². The maximum atomic E-state index is 13.5. The summed E-state index contributed by atoms with van der Waals surface area (Å²) in [4.78, 5) is 29.7. The van der Waals surface area contributed by atoms with E-state index in [1.165, 1.54) is 30.3 Å². The minimum Gasteiger partial charge on any atom is -0.507 e. The van der Waals surface area contributed by atoms with Gasteiger partial charge in [0.1, 0.15) is 22.8 Å². The summed E-state index contributed by atoms with van der Waals surface area (Å²) < 4.78 is 45.8. The van der Waals surface area contributed by atoms with Gasteiger partial charge in [-0.05, 0) is 61.2 Å². The molecule has 1 aromatic heterocycles. The highest BCUT2D eigenvalue weighted by molar-refractivity contribution is 6.07. The van der Waals surface area contributed by atoms with E-state index in [1.54, 1.807) is 13.0 Å². The summed E-state index contributed by atoms with van der Waals surface area (Å²) in [5.41, 5.74) is 7.95. The summed E-state index contributed by atoms with van der Waals surface area (Å²) in [5.74, 6) is -1.85. The number of alkyl halides is 3. The van der Waals surface area contributed by atoms with Crippen LogP contribution in [0.2, 0.25) is 0 Å². The second-order valence-electron chi connectivity index (χ2n) is 9.30. The number of halogens is 3. The molecule has 7 nitrogen and oxygen atoms in total. The van der Waals surface area contributed by atoms with E-state index in [9.17, 15) is 27.9 Å². The fourth-order valence-corrected chi connectivity index (χ4v) is 4.58. The monoisotopic (exact) mass is 563 g/mol. The molecule has 0 unspecified atom stereocenters. The summed E-state index contributed by atoms with van der Waals surface area (Å²) in [5, 5.41) is 12.8. The van der Waals surface area contributed by atoms with Crippen molar-refractivity contribution in [1.29, 1.82) is 0 Å². The van der Waals surface area contributed by atoms with Crippen LogP contribution in [0.1, 0.15) is 56.9 Å². The highest BCUT2D eigenvalue weighted by Crippen LogP contribution is 2.37. The van der Waals surface area contributed by atoms with Crippen molar-refractivity contribution in [3.8, 4) is 28.5 Å². The Labute approximate surface area is 234 Å². The number of nitrogens with two attached hydrogens (primary N) is 1.